The third kappa shape index (κ3) is 3.60. The lowest BCUT2D eigenvalue weighted by molar-refractivity contribution is -0.121. The lowest BCUT2D eigenvalue weighted by Gasteiger charge is -2.13. The van der Waals surface area contributed by atoms with Crippen molar-refractivity contribution in [3.05, 3.63) is 35.9 Å². The molecule has 0 bridgehead atoms. The van der Waals surface area contributed by atoms with Gasteiger partial charge in [-0.05, 0) is 12.1 Å². The van der Waals surface area contributed by atoms with E-state index in [9.17, 15) is 19.8 Å². The number of hydrogen-bond donors (Lipinski definition) is 3. The minimum Gasteiger partial charge on any atom is -0.389 e. The summed E-state index contributed by atoms with van der Waals surface area (Å²) in [6, 6.07) is 8.45. The molecule has 6 heteroatoms. The summed E-state index contributed by atoms with van der Waals surface area (Å²) < 4.78 is 0. The van der Waals surface area contributed by atoms with Gasteiger partial charge in [0.05, 0.1) is 18.8 Å². The van der Waals surface area contributed by atoms with E-state index >= 15 is 0 Å². The molecule has 1 saturated heterocycles. The molecule has 0 aromatic heterocycles. The second kappa shape index (κ2) is 5.92. The standard InChI is InChI=1S/C13H16N2O4/c16-10-6-15(7-11(10)17)8-12(18)14-13(19)9-4-2-1-3-5-9/h1-5,10-11,16-17H,6-8H2,(H,14,18,19)/t10-,11+. The summed E-state index contributed by atoms with van der Waals surface area (Å²) >= 11 is 0. The summed E-state index contributed by atoms with van der Waals surface area (Å²) in [6.45, 7) is 0.439. The van der Waals surface area contributed by atoms with Gasteiger partial charge < -0.3 is 10.2 Å². The molecule has 19 heavy (non-hydrogen) atoms. The fourth-order valence-electron chi connectivity index (χ4n) is 2.01. The second-order valence-corrected chi connectivity index (χ2v) is 4.57. The van der Waals surface area contributed by atoms with Crippen molar-refractivity contribution >= 4 is 11.8 Å². The third-order valence-corrected chi connectivity index (χ3v) is 2.99. The first kappa shape index (κ1) is 13.7. The number of nitrogens with zero attached hydrogens (tertiary/aromatic N) is 1. The van der Waals surface area contributed by atoms with Crippen LogP contribution in [-0.4, -0.2) is 58.8 Å². The van der Waals surface area contributed by atoms with Gasteiger partial charge in [-0.3, -0.25) is 19.8 Å². The molecule has 0 saturated carbocycles. The highest BCUT2D eigenvalue weighted by atomic mass is 16.3. The van der Waals surface area contributed by atoms with Gasteiger partial charge in [-0.2, -0.15) is 0 Å². The van der Waals surface area contributed by atoms with E-state index in [0.717, 1.165) is 0 Å². The topological polar surface area (TPSA) is 89.9 Å². The number of amides is 2. The minimum absolute atomic E-state index is 0.0211. The van der Waals surface area contributed by atoms with Crippen LogP contribution in [0, 0.1) is 0 Å². The van der Waals surface area contributed by atoms with Crippen molar-refractivity contribution in [2.24, 2.45) is 0 Å². The highest BCUT2D eigenvalue weighted by Gasteiger charge is 2.30. The number of carbonyl (C=O) groups is 2. The average molecular weight is 264 g/mol. The van der Waals surface area contributed by atoms with Crippen molar-refractivity contribution < 1.29 is 19.8 Å². The van der Waals surface area contributed by atoms with Gasteiger partial charge in [-0.1, -0.05) is 18.2 Å². The molecular weight excluding hydrogens is 248 g/mol. The summed E-state index contributed by atoms with van der Waals surface area (Å²) in [5.41, 5.74) is 0.414. The average Bonchev–Trinajstić information content (AvgIpc) is 2.69. The number of β-amino-alcohol motifs (C(OH)–C–C–N with tert-alkyl or cyclic N) is 2. The molecule has 0 unspecified atom stereocenters. The van der Waals surface area contributed by atoms with Crippen LogP contribution in [0.25, 0.3) is 0 Å². The summed E-state index contributed by atoms with van der Waals surface area (Å²) in [4.78, 5) is 25.0. The zero-order chi connectivity index (χ0) is 13.8. The van der Waals surface area contributed by atoms with Gasteiger partial charge in [0, 0.05) is 18.7 Å². The number of nitrogens with one attached hydrogen (secondary N) is 1. The second-order valence-electron chi connectivity index (χ2n) is 4.57. The normalized spacial score (nSPS) is 23.3. The van der Waals surface area contributed by atoms with Crippen molar-refractivity contribution in [3.8, 4) is 0 Å². The van der Waals surface area contributed by atoms with E-state index < -0.39 is 24.0 Å². The van der Waals surface area contributed by atoms with Crippen molar-refractivity contribution in [1.29, 1.82) is 0 Å². The third-order valence-electron chi connectivity index (χ3n) is 2.99. The molecule has 1 heterocycles. The van der Waals surface area contributed by atoms with Gasteiger partial charge >= 0.3 is 0 Å². The van der Waals surface area contributed by atoms with Gasteiger partial charge in [-0.15, -0.1) is 0 Å². The molecule has 102 valence electrons. The number of imide groups is 1. The van der Waals surface area contributed by atoms with Gasteiger partial charge in [0.1, 0.15) is 0 Å². The predicted molar refractivity (Wildman–Crippen MR) is 67.4 cm³/mol. The Bertz CT molecular complexity index is 453. The minimum atomic E-state index is -0.836. The van der Waals surface area contributed by atoms with E-state index in [0.29, 0.717) is 5.56 Å². The maximum atomic E-state index is 11.7. The van der Waals surface area contributed by atoms with E-state index in [1.807, 2.05) is 0 Å². The number of rotatable bonds is 3. The maximum absolute atomic E-state index is 11.7. The number of likely N-dealkylation sites (tertiary alicyclic amines) is 1. The Morgan fingerprint density at radius 2 is 1.74 bits per heavy atom. The van der Waals surface area contributed by atoms with E-state index in [2.05, 4.69) is 5.32 Å². The number of aliphatic hydroxyl groups excluding tert-OH is 2. The van der Waals surface area contributed by atoms with Crippen molar-refractivity contribution in [3.63, 3.8) is 0 Å². The number of carbonyl (C=O) groups excluding carboxylic acids is 2. The summed E-state index contributed by atoms with van der Waals surface area (Å²) in [6.07, 6.45) is -1.67. The molecule has 0 spiro atoms. The first-order valence-corrected chi connectivity index (χ1v) is 6.04. The Hall–Kier alpha value is -1.76. The first-order chi connectivity index (χ1) is 9.06. The van der Waals surface area contributed by atoms with Crippen LogP contribution in [0.2, 0.25) is 0 Å². The molecule has 2 amide bonds. The summed E-state index contributed by atoms with van der Waals surface area (Å²) in [7, 11) is 0. The van der Waals surface area contributed by atoms with Crippen molar-refractivity contribution in [2.75, 3.05) is 19.6 Å². The number of benzene rings is 1. The van der Waals surface area contributed by atoms with Crippen LogP contribution >= 0.6 is 0 Å². The molecule has 1 aromatic rings. The summed E-state index contributed by atoms with van der Waals surface area (Å²) in [5, 5.41) is 21.0. The van der Waals surface area contributed by atoms with Gasteiger partial charge in [0.2, 0.25) is 5.91 Å². The Kier molecular flexibility index (Phi) is 4.26. The Balaban J connectivity index is 1.84. The van der Waals surface area contributed by atoms with Gasteiger partial charge in [0.15, 0.2) is 0 Å². The largest absolute Gasteiger partial charge is 0.389 e. The van der Waals surface area contributed by atoms with Crippen LogP contribution in [0.5, 0.6) is 0 Å². The van der Waals surface area contributed by atoms with E-state index in [-0.39, 0.29) is 19.6 Å². The monoisotopic (exact) mass is 264 g/mol. The molecular formula is C13H16N2O4. The Morgan fingerprint density at radius 3 is 2.32 bits per heavy atom. The zero-order valence-electron chi connectivity index (χ0n) is 10.3. The molecule has 1 aliphatic heterocycles. The molecule has 0 radical (unpaired) electrons. The molecule has 2 rings (SSSR count). The van der Waals surface area contributed by atoms with Crippen molar-refractivity contribution in [2.45, 2.75) is 12.2 Å². The first-order valence-electron chi connectivity index (χ1n) is 6.04. The molecule has 3 N–H and O–H groups in total. The lowest BCUT2D eigenvalue weighted by atomic mass is 10.2. The molecule has 2 atom stereocenters. The fraction of sp³-hybridized carbons (Fsp3) is 0.385. The van der Waals surface area contributed by atoms with Gasteiger partial charge in [-0.25, -0.2) is 0 Å². The van der Waals surface area contributed by atoms with Crippen LogP contribution in [0.3, 0.4) is 0 Å². The maximum Gasteiger partial charge on any atom is 0.257 e. The highest BCUT2D eigenvalue weighted by molar-refractivity contribution is 6.05. The fourth-order valence-corrected chi connectivity index (χ4v) is 2.01. The van der Waals surface area contributed by atoms with Crippen LogP contribution in [-0.2, 0) is 4.79 Å². The van der Waals surface area contributed by atoms with Crippen LogP contribution < -0.4 is 5.32 Å². The molecule has 1 fully saturated rings. The molecule has 0 aliphatic carbocycles. The SMILES string of the molecule is O=C(CN1C[C@@H](O)[C@@H](O)C1)NC(=O)c1ccccc1. The quantitative estimate of drug-likeness (QED) is 0.650. The highest BCUT2D eigenvalue weighted by Crippen LogP contribution is 2.09. The predicted octanol–water partition coefficient (Wildman–Crippen LogP) is -1.02. The summed E-state index contributed by atoms with van der Waals surface area (Å²) in [5.74, 6) is -0.902. The number of aliphatic hydroxyl groups is 2. The van der Waals surface area contributed by atoms with Crippen LogP contribution in [0.15, 0.2) is 30.3 Å². The van der Waals surface area contributed by atoms with E-state index in [1.165, 1.54) is 0 Å². The Morgan fingerprint density at radius 1 is 1.16 bits per heavy atom. The van der Waals surface area contributed by atoms with Crippen LogP contribution in [0.1, 0.15) is 10.4 Å². The van der Waals surface area contributed by atoms with Crippen molar-refractivity contribution in [1.82, 2.24) is 10.2 Å². The van der Waals surface area contributed by atoms with E-state index in [4.69, 9.17) is 0 Å². The van der Waals surface area contributed by atoms with Gasteiger partial charge in [0.25, 0.3) is 5.91 Å². The molecule has 1 aliphatic rings. The molecule has 1 aromatic carbocycles. The Labute approximate surface area is 110 Å². The number of hydrogen-bond acceptors (Lipinski definition) is 5. The molecule has 6 nitrogen and oxygen atoms in total. The smallest absolute Gasteiger partial charge is 0.257 e. The zero-order valence-corrected chi connectivity index (χ0v) is 10.3. The lowest BCUT2D eigenvalue weighted by Crippen LogP contribution is -2.39. The van der Waals surface area contributed by atoms with E-state index in [1.54, 1.807) is 35.2 Å². The van der Waals surface area contributed by atoms with Crippen LogP contribution in [0.4, 0.5) is 0 Å².